The van der Waals surface area contributed by atoms with Crippen LogP contribution in [-0.4, -0.2) is 72.8 Å². The van der Waals surface area contributed by atoms with Gasteiger partial charge in [-0.1, -0.05) is 41.5 Å². The third kappa shape index (κ3) is 8.31. The molecule has 0 aromatic carbocycles. The summed E-state index contributed by atoms with van der Waals surface area (Å²) in [6.45, 7) is 17.6. The molecule has 1 saturated heterocycles. The molecule has 28 heavy (non-hydrogen) atoms. The molecule has 0 N–H and O–H groups in total. The number of hydrogen-bond acceptors (Lipinski definition) is 7. The first-order valence-electron chi connectivity index (χ1n) is 10.5. The topological polar surface area (TPSA) is 46.5 Å². The van der Waals surface area contributed by atoms with Gasteiger partial charge in [0.2, 0.25) is 0 Å². The summed E-state index contributed by atoms with van der Waals surface area (Å²) in [4.78, 5) is 9.16. The van der Waals surface area contributed by atoms with Crippen LogP contribution < -0.4 is 0 Å². The molecule has 0 saturated carbocycles. The lowest BCUT2D eigenvalue weighted by Crippen LogP contribution is -2.39. The predicted molar refractivity (Wildman–Crippen MR) is 117 cm³/mol. The molecular formula is C21H39N3O3S. The minimum atomic E-state index is 0.0110. The predicted octanol–water partition coefficient (Wildman–Crippen LogP) is 3.85. The van der Waals surface area contributed by atoms with E-state index in [9.17, 15) is 0 Å². The number of ether oxygens (including phenoxy) is 3. The fourth-order valence-corrected chi connectivity index (χ4v) is 4.20. The largest absolute Gasteiger partial charge is 0.378 e. The van der Waals surface area contributed by atoms with Crippen LogP contribution in [0.15, 0.2) is 17.3 Å². The number of aliphatic imine (C=N–C) groups is 1. The van der Waals surface area contributed by atoms with Crippen LogP contribution in [0.2, 0.25) is 0 Å². The van der Waals surface area contributed by atoms with Gasteiger partial charge in [-0.05, 0) is 23.8 Å². The zero-order valence-corrected chi connectivity index (χ0v) is 19.3. The van der Waals surface area contributed by atoms with Crippen LogP contribution in [-0.2, 0) is 14.2 Å². The minimum absolute atomic E-state index is 0.0110. The summed E-state index contributed by atoms with van der Waals surface area (Å²) >= 11 is 1.81. The minimum Gasteiger partial charge on any atom is -0.378 e. The van der Waals surface area contributed by atoms with Gasteiger partial charge in [-0.25, -0.2) is 4.99 Å². The summed E-state index contributed by atoms with van der Waals surface area (Å²) in [5.41, 5.74) is 0.0918. The molecule has 0 amide bonds. The van der Waals surface area contributed by atoms with Gasteiger partial charge in [0.25, 0.3) is 0 Å². The monoisotopic (exact) mass is 413 g/mol. The fourth-order valence-electron chi connectivity index (χ4n) is 3.15. The highest BCUT2D eigenvalue weighted by atomic mass is 32.2. The first kappa shape index (κ1) is 23.5. The van der Waals surface area contributed by atoms with Crippen LogP contribution in [0.25, 0.3) is 0 Å². The standard InChI is InChI=1S/C21H39N3O3S/c1-16(2)9-24(10-17(3)4)19-7-8-23(15-26-14-22-19)20-13-28-21(27-20)12-25-11-18(5)6/h7-8,16-18,20-21H,9-15H2,1-6H3/b8-7-,22-19?/t20-,21?/m0/s1. The Morgan fingerprint density at radius 3 is 2.54 bits per heavy atom. The molecule has 7 heteroatoms. The Morgan fingerprint density at radius 2 is 1.89 bits per heavy atom. The number of amidine groups is 1. The highest BCUT2D eigenvalue weighted by Crippen LogP contribution is 2.28. The Kier molecular flexibility index (Phi) is 10.1. The summed E-state index contributed by atoms with van der Waals surface area (Å²) in [6, 6.07) is 0. The van der Waals surface area contributed by atoms with Gasteiger partial charge in [-0.15, -0.1) is 11.8 Å². The SMILES string of the molecule is CC(C)COCC1O[C@H](N2/C=C\C(N(CC(C)C)CC(C)C)=NCOC2)CS1. The van der Waals surface area contributed by atoms with Crippen LogP contribution in [0, 0.1) is 17.8 Å². The summed E-state index contributed by atoms with van der Waals surface area (Å²) in [7, 11) is 0. The molecule has 2 aliphatic rings. The van der Waals surface area contributed by atoms with Crippen LogP contribution in [0.3, 0.4) is 0 Å². The summed E-state index contributed by atoms with van der Waals surface area (Å²) in [6.07, 6.45) is 4.20. The molecule has 2 atom stereocenters. The van der Waals surface area contributed by atoms with E-state index in [2.05, 4.69) is 68.6 Å². The lowest BCUT2D eigenvalue weighted by molar-refractivity contribution is -0.0849. The van der Waals surface area contributed by atoms with Gasteiger partial charge in [0.1, 0.15) is 31.0 Å². The van der Waals surface area contributed by atoms with Gasteiger partial charge in [0.15, 0.2) is 0 Å². The second-order valence-corrected chi connectivity index (χ2v) is 9.98. The van der Waals surface area contributed by atoms with Crippen molar-refractivity contribution in [2.75, 3.05) is 45.5 Å². The van der Waals surface area contributed by atoms with Gasteiger partial charge < -0.3 is 24.0 Å². The third-order valence-electron chi connectivity index (χ3n) is 4.28. The van der Waals surface area contributed by atoms with Crippen molar-refractivity contribution in [2.45, 2.75) is 53.2 Å². The molecule has 2 rings (SSSR count). The van der Waals surface area contributed by atoms with Gasteiger partial charge in [0.05, 0.1) is 6.61 Å². The van der Waals surface area contributed by atoms with Crippen molar-refractivity contribution in [1.29, 1.82) is 0 Å². The maximum Gasteiger partial charge on any atom is 0.142 e. The normalized spacial score (nSPS) is 24.6. The molecule has 0 bridgehead atoms. The van der Waals surface area contributed by atoms with Crippen molar-refractivity contribution in [2.24, 2.45) is 22.7 Å². The maximum absolute atomic E-state index is 6.18. The van der Waals surface area contributed by atoms with Crippen molar-refractivity contribution < 1.29 is 14.2 Å². The third-order valence-corrected chi connectivity index (χ3v) is 5.37. The average Bonchev–Trinajstić information content (AvgIpc) is 3.01. The Bertz CT molecular complexity index is 501. The van der Waals surface area contributed by atoms with E-state index in [1.807, 2.05) is 11.8 Å². The Balaban J connectivity index is 1.94. The molecule has 0 aromatic heterocycles. The smallest absolute Gasteiger partial charge is 0.142 e. The van der Waals surface area contributed by atoms with Crippen LogP contribution >= 0.6 is 11.8 Å². The molecule has 0 radical (unpaired) electrons. The van der Waals surface area contributed by atoms with Crippen LogP contribution in [0.1, 0.15) is 41.5 Å². The van der Waals surface area contributed by atoms with Gasteiger partial charge in [-0.2, -0.15) is 0 Å². The van der Waals surface area contributed by atoms with Crippen molar-refractivity contribution >= 4 is 17.6 Å². The molecule has 1 fully saturated rings. The Hall–Kier alpha value is -0.760. The zero-order valence-electron chi connectivity index (χ0n) is 18.5. The Morgan fingerprint density at radius 1 is 1.18 bits per heavy atom. The number of nitrogens with zero attached hydrogens (tertiary/aromatic N) is 3. The molecule has 0 spiro atoms. The van der Waals surface area contributed by atoms with E-state index >= 15 is 0 Å². The molecular weight excluding hydrogens is 374 g/mol. The van der Waals surface area contributed by atoms with E-state index in [4.69, 9.17) is 14.2 Å². The molecule has 2 heterocycles. The summed E-state index contributed by atoms with van der Waals surface area (Å²) in [5, 5.41) is 0. The lowest BCUT2D eigenvalue weighted by Gasteiger charge is -2.31. The first-order chi connectivity index (χ1) is 13.3. The van der Waals surface area contributed by atoms with E-state index < -0.39 is 0 Å². The van der Waals surface area contributed by atoms with E-state index in [1.54, 1.807) is 0 Å². The van der Waals surface area contributed by atoms with Gasteiger partial charge >= 0.3 is 0 Å². The van der Waals surface area contributed by atoms with Crippen molar-refractivity contribution in [3.05, 3.63) is 12.3 Å². The van der Waals surface area contributed by atoms with Crippen molar-refractivity contribution in [1.82, 2.24) is 9.80 Å². The van der Waals surface area contributed by atoms with Gasteiger partial charge in [-0.3, -0.25) is 0 Å². The molecule has 0 aliphatic carbocycles. The van der Waals surface area contributed by atoms with E-state index in [0.29, 0.717) is 37.8 Å². The molecule has 0 aromatic rings. The number of hydrogen-bond donors (Lipinski definition) is 0. The Labute approximate surface area is 175 Å². The number of thioether (sulfide) groups is 1. The van der Waals surface area contributed by atoms with E-state index in [-0.39, 0.29) is 11.7 Å². The lowest BCUT2D eigenvalue weighted by atomic mass is 10.1. The van der Waals surface area contributed by atoms with Crippen LogP contribution in [0.4, 0.5) is 0 Å². The van der Waals surface area contributed by atoms with E-state index in [0.717, 1.165) is 31.3 Å². The van der Waals surface area contributed by atoms with Gasteiger partial charge in [0, 0.05) is 31.6 Å². The first-order valence-corrected chi connectivity index (χ1v) is 11.6. The quantitative estimate of drug-likeness (QED) is 0.572. The molecule has 2 aliphatic heterocycles. The second-order valence-electron chi connectivity index (χ2n) is 8.79. The highest BCUT2D eigenvalue weighted by Gasteiger charge is 2.30. The van der Waals surface area contributed by atoms with E-state index in [1.165, 1.54) is 0 Å². The molecule has 6 nitrogen and oxygen atoms in total. The fraction of sp³-hybridized carbons (Fsp3) is 0.857. The molecule has 1 unspecified atom stereocenters. The molecule has 162 valence electrons. The highest BCUT2D eigenvalue weighted by molar-refractivity contribution is 8.00. The van der Waals surface area contributed by atoms with Crippen LogP contribution in [0.5, 0.6) is 0 Å². The maximum atomic E-state index is 6.18. The van der Waals surface area contributed by atoms with Crippen molar-refractivity contribution in [3.8, 4) is 0 Å². The van der Waals surface area contributed by atoms with Crippen molar-refractivity contribution in [3.63, 3.8) is 0 Å². The summed E-state index contributed by atoms with van der Waals surface area (Å²) in [5.74, 6) is 3.62. The second kappa shape index (κ2) is 12.1. The zero-order chi connectivity index (χ0) is 20.5. The number of rotatable bonds is 9. The average molecular weight is 414 g/mol. The summed E-state index contributed by atoms with van der Waals surface area (Å²) < 4.78 is 17.7.